The first kappa shape index (κ1) is 10.2. The lowest BCUT2D eigenvalue weighted by Gasteiger charge is -2.06. The van der Waals surface area contributed by atoms with Crippen LogP contribution >= 0.6 is 0 Å². The molecule has 0 amide bonds. The standard InChI is InChI=1S/C15H18/c1-4-11(2)9-14-10-13-7-5-6-8-15(13)12(14)3/h4-9,12H,10H2,1-3H3/b11-4-,14-9-. The number of rotatable bonds is 1. The van der Waals surface area contributed by atoms with Crippen LogP contribution in [-0.2, 0) is 6.42 Å². The number of fused-ring (bicyclic) bond motifs is 1. The van der Waals surface area contributed by atoms with Crippen LogP contribution < -0.4 is 0 Å². The molecule has 1 atom stereocenters. The molecule has 0 saturated heterocycles. The van der Waals surface area contributed by atoms with Crippen molar-refractivity contribution in [1.29, 1.82) is 0 Å². The predicted molar refractivity (Wildman–Crippen MR) is 66.1 cm³/mol. The van der Waals surface area contributed by atoms with Gasteiger partial charge in [-0.25, -0.2) is 0 Å². The van der Waals surface area contributed by atoms with Gasteiger partial charge in [0, 0.05) is 5.92 Å². The zero-order valence-electron chi connectivity index (χ0n) is 9.75. The first-order valence-electron chi connectivity index (χ1n) is 5.63. The van der Waals surface area contributed by atoms with Crippen molar-refractivity contribution in [3.63, 3.8) is 0 Å². The van der Waals surface area contributed by atoms with Gasteiger partial charge in [-0.05, 0) is 31.4 Å². The van der Waals surface area contributed by atoms with Gasteiger partial charge in [0.1, 0.15) is 0 Å². The van der Waals surface area contributed by atoms with Crippen LogP contribution in [0.15, 0.2) is 47.6 Å². The van der Waals surface area contributed by atoms with Gasteiger partial charge in [0.2, 0.25) is 0 Å². The van der Waals surface area contributed by atoms with Crippen LogP contribution in [0.25, 0.3) is 0 Å². The molecule has 0 aromatic heterocycles. The summed E-state index contributed by atoms with van der Waals surface area (Å²) in [7, 11) is 0. The number of hydrogen-bond acceptors (Lipinski definition) is 0. The zero-order chi connectivity index (χ0) is 10.8. The second-order valence-corrected chi connectivity index (χ2v) is 4.35. The molecule has 0 radical (unpaired) electrons. The molecule has 15 heavy (non-hydrogen) atoms. The fraction of sp³-hybridized carbons (Fsp3) is 0.333. The van der Waals surface area contributed by atoms with Crippen LogP contribution in [0.2, 0.25) is 0 Å². The highest BCUT2D eigenvalue weighted by molar-refractivity contribution is 5.46. The Morgan fingerprint density at radius 2 is 2.07 bits per heavy atom. The third-order valence-electron chi connectivity index (χ3n) is 3.34. The van der Waals surface area contributed by atoms with Crippen LogP contribution in [0.3, 0.4) is 0 Å². The van der Waals surface area contributed by atoms with E-state index >= 15 is 0 Å². The molecular formula is C15H18. The Morgan fingerprint density at radius 3 is 2.73 bits per heavy atom. The molecule has 0 N–H and O–H groups in total. The summed E-state index contributed by atoms with van der Waals surface area (Å²) in [6.45, 7) is 6.57. The number of benzene rings is 1. The first-order chi connectivity index (χ1) is 7.22. The molecule has 0 spiro atoms. The quantitative estimate of drug-likeness (QED) is 0.633. The van der Waals surface area contributed by atoms with Gasteiger partial charge in [-0.3, -0.25) is 0 Å². The van der Waals surface area contributed by atoms with E-state index in [-0.39, 0.29) is 0 Å². The Hall–Kier alpha value is -1.30. The lowest BCUT2D eigenvalue weighted by molar-refractivity contribution is 0.923. The van der Waals surface area contributed by atoms with Gasteiger partial charge in [-0.15, -0.1) is 0 Å². The van der Waals surface area contributed by atoms with Crippen LogP contribution in [-0.4, -0.2) is 0 Å². The van der Waals surface area contributed by atoms with Crippen molar-refractivity contribution in [1.82, 2.24) is 0 Å². The lowest BCUT2D eigenvalue weighted by Crippen LogP contribution is -1.89. The molecule has 1 aromatic rings. The Morgan fingerprint density at radius 1 is 1.33 bits per heavy atom. The topological polar surface area (TPSA) is 0 Å². The van der Waals surface area contributed by atoms with Gasteiger partial charge in [0.05, 0.1) is 0 Å². The van der Waals surface area contributed by atoms with Crippen molar-refractivity contribution in [2.24, 2.45) is 0 Å². The molecule has 78 valence electrons. The highest BCUT2D eigenvalue weighted by atomic mass is 14.3. The normalized spacial score (nSPS) is 23.3. The van der Waals surface area contributed by atoms with Crippen LogP contribution in [0.4, 0.5) is 0 Å². The predicted octanol–water partition coefficient (Wildman–Crippen LogP) is 4.24. The lowest BCUT2D eigenvalue weighted by atomic mass is 9.99. The second kappa shape index (κ2) is 4.06. The molecule has 0 bridgehead atoms. The summed E-state index contributed by atoms with van der Waals surface area (Å²) in [5, 5.41) is 0. The molecule has 0 aliphatic heterocycles. The summed E-state index contributed by atoms with van der Waals surface area (Å²) in [6.07, 6.45) is 5.63. The minimum absolute atomic E-state index is 0.594. The summed E-state index contributed by atoms with van der Waals surface area (Å²) in [5.74, 6) is 0.594. The Kier molecular flexibility index (Phi) is 2.77. The van der Waals surface area contributed by atoms with E-state index in [9.17, 15) is 0 Å². The highest BCUT2D eigenvalue weighted by Gasteiger charge is 2.22. The molecule has 0 heteroatoms. The maximum absolute atomic E-state index is 2.34. The van der Waals surface area contributed by atoms with E-state index in [1.807, 2.05) is 0 Å². The molecule has 1 unspecified atom stereocenters. The molecule has 0 saturated carbocycles. The molecule has 0 fully saturated rings. The monoisotopic (exact) mass is 198 g/mol. The van der Waals surface area contributed by atoms with Gasteiger partial charge in [0.25, 0.3) is 0 Å². The molecule has 2 rings (SSSR count). The average Bonchev–Trinajstić information content (AvgIpc) is 2.57. The highest BCUT2D eigenvalue weighted by Crippen LogP contribution is 2.37. The third kappa shape index (κ3) is 1.90. The Labute approximate surface area is 92.3 Å². The van der Waals surface area contributed by atoms with Crippen molar-refractivity contribution in [2.45, 2.75) is 33.1 Å². The van der Waals surface area contributed by atoms with Gasteiger partial charge < -0.3 is 0 Å². The summed E-state index contributed by atoms with van der Waals surface area (Å²) in [5.41, 5.74) is 5.92. The van der Waals surface area contributed by atoms with E-state index in [0.29, 0.717) is 5.92 Å². The summed E-state index contributed by atoms with van der Waals surface area (Å²) in [4.78, 5) is 0. The largest absolute Gasteiger partial charge is 0.0847 e. The van der Waals surface area contributed by atoms with Crippen molar-refractivity contribution in [3.05, 3.63) is 58.7 Å². The van der Waals surface area contributed by atoms with Crippen molar-refractivity contribution in [3.8, 4) is 0 Å². The number of allylic oxidation sites excluding steroid dienone is 4. The Bertz CT molecular complexity index is 421. The van der Waals surface area contributed by atoms with Gasteiger partial charge >= 0.3 is 0 Å². The van der Waals surface area contributed by atoms with E-state index in [1.54, 1.807) is 5.57 Å². The molecule has 0 nitrogen and oxygen atoms in total. The minimum atomic E-state index is 0.594. The third-order valence-corrected chi connectivity index (χ3v) is 3.34. The summed E-state index contributed by atoms with van der Waals surface area (Å²) < 4.78 is 0. The fourth-order valence-corrected chi connectivity index (χ4v) is 2.24. The van der Waals surface area contributed by atoms with Crippen molar-refractivity contribution in [2.75, 3.05) is 0 Å². The first-order valence-corrected chi connectivity index (χ1v) is 5.63. The second-order valence-electron chi connectivity index (χ2n) is 4.35. The SMILES string of the molecule is C/C=C(C)\C=C1\Cc2ccccc2C1C. The molecule has 1 aromatic carbocycles. The van der Waals surface area contributed by atoms with E-state index in [4.69, 9.17) is 0 Å². The van der Waals surface area contributed by atoms with Crippen LogP contribution in [0.5, 0.6) is 0 Å². The summed E-state index contributed by atoms with van der Waals surface area (Å²) >= 11 is 0. The van der Waals surface area contributed by atoms with E-state index < -0.39 is 0 Å². The van der Waals surface area contributed by atoms with Gasteiger partial charge in [-0.2, -0.15) is 0 Å². The maximum Gasteiger partial charge on any atom is 0.00292 e. The van der Waals surface area contributed by atoms with E-state index in [1.165, 1.54) is 16.7 Å². The van der Waals surface area contributed by atoms with Gasteiger partial charge in [-0.1, -0.05) is 54.5 Å². The van der Waals surface area contributed by atoms with Crippen LogP contribution in [0.1, 0.15) is 37.8 Å². The zero-order valence-corrected chi connectivity index (χ0v) is 9.75. The van der Waals surface area contributed by atoms with E-state index in [2.05, 4.69) is 57.2 Å². The van der Waals surface area contributed by atoms with Crippen LogP contribution in [0, 0.1) is 0 Å². The van der Waals surface area contributed by atoms with E-state index in [0.717, 1.165) is 6.42 Å². The fourth-order valence-electron chi connectivity index (χ4n) is 2.24. The molecule has 1 aliphatic rings. The summed E-state index contributed by atoms with van der Waals surface area (Å²) in [6, 6.07) is 8.78. The van der Waals surface area contributed by atoms with Gasteiger partial charge in [0.15, 0.2) is 0 Å². The molecule has 0 heterocycles. The Balaban J connectivity index is 2.35. The molecule has 1 aliphatic carbocycles. The van der Waals surface area contributed by atoms with Crippen molar-refractivity contribution >= 4 is 0 Å². The molecular weight excluding hydrogens is 180 g/mol. The maximum atomic E-state index is 2.34. The smallest absolute Gasteiger partial charge is 0.00292 e. The average molecular weight is 198 g/mol. The van der Waals surface area contributed by atoms with Crippen molar-refractivity contribution < 1.29 is 0 Å². The number of hydrogen-bond donors (Lipinski definition) is 0. The minimum Gasteiger partial charge on any atom is -0.0847 e.